The number of hydrogen-bond acceptors (Lipinski definition) is 5. The van der Waals surface area contributed by atoms with E-state index in [0.29, 0.717) is 23.9 Å². The van der Waals surface area contributed by atoms with Crippen molar-refractivity contribution in [3.63, 3.8) is 0 Å². The van der Waals surface area contributed by atoms with Gasteiger partial charge in [0.1, 0.15) is 0 Å². The van der Waals surface area contributed by atoms with E-state index in [1.165, 1.54) is 12.8 Å². The van der Waals surface area contributed by atoms with Crippen LogP contribution in [0.15, 0.2) is 36.5 Å². The van der Waals surface area contributed by atoms with Crippen LogP contribution in [0.3, 0.4) is 0 Å². The fourth-order valence-electron chi connectivity index (χ4n) is 5.15. The van der Waals surface area contributed by atoms with E-state index in [1.807, 2.05) is 18.2 Å². The standard InChI is InChI=1S/C29H35Cl2N3O2/c1-4-5-6-27(35)23-16-32-26-12-9-19(20-14-24(30)29(36)25(31)15-20)13-22(26)28(23)33-21-10-7-18(8-11-21)17-34(2)3/h9,12-16,18,21,36H,4-8,10-11,17H2,1-3H3,(H,32,33)/t18-,21-. The second-order valence-electron chi connectivity index (χ2n) is 10.2. The Labute approximate surface area is 223 Å². The Morgan fingerprint density at radius 3 is 2.42 bits per heavy atom. The third-order valence-corrected chi connectivity index (χ3v) is 7.67. The second kappa shape index (κ2) is 11.8. The summed E-state index contributed by atoms with van der Waals surface area (Å²) >= 11 is 12.4. The monoisotopic (exact) mass is 527 g/mol. The maximum atomic E-state index is 13.2. The molecule has 5 nitrogen and oxygen atoms in total. The Balaban J connectivity index is 1.73. The minimum absolute atomic E-state index is 0.121. The number of carbonyl (C=O) groups is 1. The zero-order valence-corrected chi connectivity index (χ0v) is 22.8. The van der Waals surface area contributed by atoms with Gasteiger partial charge < -0.3 is 15.3 Å². The summed E-state index contributed by atoms with van der Waals surface area (Å²) in [4.78, 5) is 20.1. The van der Waals surface area contributed by atoms with Crippen LogP contribution in [0.2, 0.25) is 10.0 Å². The van der Waals surface area contributed by atoms with Crippen molar-refractivity contribution < 1.29 is 9.90 Å². The van der Waals surface area contributed by atoms with E-state index in [0.717, 1.165) is 59.9 Å². The highest BCUT2D eigenvalue weighted by Gasteiger charge is 2.24. The molecule has 0 unspecified atom stereocenters. The number of carbonyl (C=O) groups excluding carboxylic acids is 1. The Morgan fingerprint density at radius 1 is 1.08 bits per heavy atom. The predicted octanol–water partition coefficient (Wildman–Crippen LogP) is 7.82. The smallest absolute Gasteiger partial charge is 0.166 e. The van der Waals surface area contributed by atoms with Gasteiger partial charge in [0.25, 0.3) is 0 Å². The molecule has 1 aromatic heterocycles. The van der Waals surface area contributed by atoms with Gasteiger partial charge >= 0.3 is 0 Å². The molecule has 0 atom stereocenters. The number of rotatable bonds is 9. The van der Waals surface area contributed by atoms with E-state index >= 15 is 0 Å². The van der Waals surface area contributed by atoms with Crippen molar-refractivity contribution >= 4 is 45.6 Å². The van der Waals surface area contributed by atoms with Gasteiger partial charge in [-0.05, 0) is 87.5 Å². The van der Waals surface area contributed by atoms with Gasteiger partial charge in [0.2, 0.25) is 0 Å². The number of ketones is 1. The average Bonchev–Trinajstić information content (AvgIpc) is 2.86. The first-order valence-electron chi connectivity index (χ1n) is 12.8. The number of Topliss-reactive ketones (excluding diaryl/α,β-unsaturated/α-hetero) is 1. The van der Waals surface area contributed by atoms with Gasteiger partial charge in [-0.25, -0.2) is 0 Å². The number of nitrogens with zero attached hydrogens (tertiary/aromatic N) is 2. The summed E-state index contributed by atoms with van der Waals surface area (Å²) in [5.74, 6) is 0.713. The summed E-state index contributed by atoms with van der Waals surface area (Å²) < 4.78 is 0. The molecule has 4 rings (SSSR count). The molecule has 0 bridgehead atoms. The predicted molar refractivity (Wildman–Crippen MR) is 151 cm³/mol. The first-order chi connectivity index (χ1) is 17.3. The Morgan fingerprint density at radius 2 is 1.78 bits per heavy atom. The molecule has 0 spiro atoms. The van der Waals surface area contributed by atoms with E-state index in [-0.39, 0.29) is 21.6 Å². The number of benzene rings is 2. The van der Waals surface area contributed by atoms with Gasteiger partial charge in [-0.15, -0.1) is 0 Å². The van der Waals surface area contributed by atoms with Crippen LogP contribution in [0, 0.1) is 5.92 Å². The maximum Gasteiger partial charge on any atom is 0.166 e. The topological polar surface area (TPSA) is 65.5 Å². The number of unbranched alkanes of at least 4 members (excludes halogenated alkanes) is 1. The number of phenolic OH excluding ortho intramolecular Hbond substituents is 1. The summed E-state index contributed by atoms with van der Waals surface area (Å²) in [6.45, 7) is 3.21. The van der Waals surface area contributed by atoms with Crippen molar-refractivity contribution in [2.45, 2.75) is 57.9 Å². The summed E-state index contributed by atoms with van der Waals surface area (Å²) in [7, 11) is 4.27. The largest absolute Gasteiger partial charge is 0.505 e. The van der Waals surface area contributed by atoms with Crippen LogP contribution in [0.1, 0.15) is 62.2 Å². The molecule has 192 valence electrons. The quantitative estimate of drug-likeness (QED) is 0.277. The molecule has 0 saturated heterocycles. The number of nitrogens with one attached hydrogen (secondary N) is 1. The molecular weight excluding hydrogens is 493 g/mol. The lowest BCUT2D eigenvalue weighted by Gasteiger charge is -2.32. The number of anilines is 1. The zero-order valence-electron chi connectivity index (χ0n) is 21.3. The van der Waals surface area contributed by atoms with E-state index in [4.69, 9.17) is 23.2 Å². The fraction of sp³-hybridized carbons (Fsp3) is 0.448. The highest BCUT2D eigenvalue weighted by molar-refractivity contribution is 6.37. The summed E-state index contributed by atoms with van der Waals surface area (Å²) in [5, 5.41) is 15.1. The van der Waals surface area contributed by atoms with Crippen LogP contribution in [0.5, 0.6) is 5.75 Å². The Kier molecular flexibility index (Phi) is 8.76. The molecule has 1 aliphatic carbocycles. The first-order valence-corrected chi connectivity index (χ1v) is 13.6. The molecule has 1 aliphatic rings. The minimum atomic E-state index is -0.124. The van der Waals surface area contributed by atoms with E-state index in [2.05, 4.69) is 36.2 Å². The fourth-order valence-corrected chi connectivity index (χ4v) is 5.64. The van der Waals surface area contributed by atoms with E-state index in [9.17, 15) is 9.90 Å². The summed E-state index contributed by atoms with van der Waals surface area (Å²) in [6, 6.07) is 9.67. The highest BCUT2D eigenvalue weighted by atomic mass is 35.5. The second-order valence-corrected chi connectivity index (χ2v) is 11.0. The lowest BCUT2D eigenvalue weighted by atomic mass is 9.85. The molecule has 0 radical (unpaired) electrons. The number of aromatic hydroxyl groups is 1. The Hall–Kier alpha value is -2.34. The molecule has 1 saturated carbocycles. The third kappa shape index (κ3) is 6.13. The zero-order chi connectivity index (χ0) is 25.8. The van der Waals surface area contributed by atoms with Gasteiger partial charge in [-0.3, -0.25) is 9.78 Å². The Bertz CT molecular complexity index is 1210. The van der Waals surface area contributed by atoms with Crippen LogP contribution in [-0.2, 0) is 0 Å². The van der Waals surface area contributed by atoms with Crippen molar-refractivity contribution in [3.05, 3.63) is 52.1 Å². The molecule has 2 aromatic carbocycles. The van der Waals surface area contributed by atoms with Crippen molar-refractivity contribution in [2.75, 3.05) is 26.0 Å². The molecule has 1 fully saturated rings. The SMILES string of the molecule is CCCCC(=O)c1cnc2ccc(-c3cc(Cl)c(O)c(Cl)c3)cc2c1N[C@H]1CC[C@H](CN(C)C)CC1. The lowest BCUT2D eigenvalue weighted by molar-refractivity contribution is 0.0980. The van der Waals surface area contributed by atoms with Crippen molar-refractivity contribution in [1.82, 2.24) is 9.88 Å². The lowest BCUT2D eigenvalue weighted by Crippen LogP contribution is -2.31. The van der Waals surface area contributed by atoms with Crippen molar-refractivity contribution in [3.8, 4) is 16.9 Å². The van der Waals surface area contributed by atoms with Crippen LogP contribution in [0.4, 0.5) is 5.69 Å². The maximum absolute atomic E-state index is 13.2. The molecule has 0 amide bonds. The number of pyridine rings is 1. The van der Waals surface area contributed by atoms with Gasteiger partial charge in [0, 0.05) is 30.6 Å². The molecule has 1 heterocycles. The summed E-state index contributed by atoms with van der Waals surface area (Å²) in [6.07, 6.45) is 8.57. The minimum Gasteiger partial charge on any atom is -0.505 e. The average molecular weight is 529 g/mol. The summed E-state index contributed by atoms with van der Waals surface area (Å²) in [5.41, 5.74) is 4.04. The molecule has 2 N–H and O–H groups in total. The number of aromatic nitrogens is 1. The number of halogens is 2. The van der Waals surface area contributed by atoms with Crippen LogP contribution < -0.4 is 5.32 Å². The van der Waals surface area contributed by atoms with Gasteiger partial charge in [0.05, 0.1) is 26.8 Å². The molecule has 36 heavy (non-hydrogen) atoms. The number of phenols is 1. The van der Waals surface area contributed by atoms with Gasteiger partial charge in [-0.2, -0.15) is 0 Å². The van der Waals surface area contributed by atoms with Gasteiger partial charge in [0.15, 0.2) is 11.5 Å². The van der Waals surface area contributed by atoms with Gasteiger partial charge in [-0.1, -0.05) is 42.6 Å². The van der Waals surface area contributed by atoms with Crippen LogP contribution >= 0.6 is 23.2 Å². The first kappa shape index (κ1) is 26.7. The number of hydrogen-bond donors (Lipinski definition) is 2. The van der Waals surface area contributed by atoms with E-state index < -0.39 is 0 Å². The molecule has 3 aromatic rings. The van der Waals surface area contributed by atoms with Crippen molar-refractivity contribution in [2.24, 2.45) is 5.92 Å². The normalized spacial score (nSPS) is 18.1. The van der Waals surface area contributed by atoms with Crippen molar-refractivity contribution in [1.29, 1.82) is 0 Å². The molecule has 7 heteroatoms. The molecule has 0 aliphatic heterocycles. The third-order valence-electron chi connectivity index (χ3n) is 7.09. The van der Waals surface area contributed by atoms with Crippen LogP contribution in [-0.4, -0.2) is 47.5 Å². The van der Waals surface area contributed by atoms with E-state index in [1.54, 1.807) is 18.3 Å². The molecular formula is C29H35Cl2N3O2. The van der Waals surface area contributed by atoms with Crippen LogP contribution in [0.25, 0.3) is 22.0 Å². The highest BCUT2D eigenvalue weighted by Crippen LogP contribution is 2.39. The number of fused-ring (bicyclic) bond motifs is 1.